The van der Waals surface area contributed by atoms with Crippen LogP contribution in [-0.2, 0) is 0 Å². The van der Waals surface area contributed by atoms with Crippen LogP contribution in [0.15, 0.2) is 52.3 Å². The topological polar surface area (TPSA) is 12.0 Å². The molecule has 1 atom stereocenters. The zero-order chi connectivity index (χ0) is 13.8. The van der Waals surface area contributed by atoms with Gasteiger partial charge >= 0.3 is 0 Å². The van der Waals surface area contributed by atoms with Gasteiger partial charge in [0.2, 0.25) is 0 Å². The van der Waals surface area contributed by atoms with Gasteiger partial charge in [0.1, 0.15) is 5.82 Å². The molecule has 2 rings (SSSR count). The summed E-state index contributed by atoms with van der Waals surface area (Å²) in [4.78, 5) is 1.63. The summed E-state index contributed by atoms with van der Waals surface area (Å²) in [7, 11) is 1.87. The lowest BCUT2D eigenvalue weighted by atomic mass is 10.1. The monoisotopic (exact) mass is 295 g/mol. The molecular formula is C15H15ClFNS. The Morgan fingerprint density at radius 1 is 1.16 bits per heavy atom. The number of rotatable bonds is 4. The van der Waals surface area contributed by atoms with Gasteiger partial charge in [-0.3, -0.25) is 0 Å². The largest absolute Gasteiger partial charge is 0.313 e. The number of benzene rings is 2. The first-order valence-electron chi connectivity index (χ1n) is 6.01. The molecule has 4 heteroatoms. The van der Waals surface area contributed by atoms with Crippen LogP contribution in [0.1, 0.15) is 18.5 Å². The highest BCUT2D eigenvalue weighted by molar-refractivity contribution is 7.99. The zero-order valence-corrected chi connectivity index (χ0v) is 12.4. The molecular weight excluding hydrogens is 281 g/mol. The number of hydrogen-bond donors (Lipinski definition) is 1. The first-order chi connectivity index (χ1) is 9.11. The van der Waals surface area contributed by atoms with Crippen LogP contribution in [0.25, 0.3) is 0 Å². The molecule has 0 aromatic heterocycles. The lowest BCUT2D eigenvalue weighted by Crippen LogP contribution is -2.13. The smallest absolute Gasteiger partial charge is 0.137 e. The summed E-state index contributed by atoms with van der Waals surface area (Å²) in [5.74, 6) is -0.195. The van der Waals surface area contributed by atoms with E-state index in [0.29, 0.717) is 9.92 Å². The second-order valence-corrected chi connectivity index (χ2v) is 5.74. The van der Waals surface area contributed by atoms with Gasteiger partial charge in [-0.25, -0.2) is 4.39 Å². The average molecular weight is 296 g/mol. The van der Waals surface area contributed by atoms with Crippen molar-refractivity contribution in [3.05, 3.63) is 58.9 Å². The molecule has 0 saturated carbocycles. The van der Waals surface area contributed by atoms with Crippen LogP contribution in [0.5, 0.6) is 0 Å². The Morgan fingerprint density at radius 2 is 1.84 bits per heavy atom. The van der Waals surface area contributed by atoms with E-state index in [-0.39, 0.29) is 11.9 Å². The van der Waals surface area contributed by atoms with E-state index in [2.05, 4.69) is 5.32 Å². The highest BCUT2D eigenvalue weighted by Gasteiger charge is 2.14. The van der Waals surface area contributed by atoms with E-state index in [4.69, 9.17) is 11.6 Å². The van der Waals surface area contributed by atoms with Crippen LogP contribution in [0.4, 0.5) is 4.39 Å². The first-order valence-corrected chi connectivity index (χ1v) is 7.20. The molecule has 0 aliphatic rings. The van der Waals surface area contributed by atoms with Crippen LogP contribution in [-0.4, -0.2) is 7.05 Å². The zero-order valence-electron chi connectivity index (χ0n) is 10.8. The summed E-state index contributed by atoms with van der Waals surface area (Å²) in [6.45, 7) is 2.01. The van der Waals surface area contributed by atoms with Crippen LogP contribution in [0.3, 0.4) is 0 Å². The molecule has 100 valence electrons. The van der Waals surface area contributed by atoms with Crippen LogP contribution < -0.4 is 5.32 Å². The van der Waals surface area contributed by atoms with Crippen molar-refractivity contribution in [2.45, 2.75) is 22.8 Å². The Kier molecular flexibility index (Phi) is 4.86. The maximum Gasteiger partial charge on any atom is 0.137 e. The standard InChI is InChI=1S/C15H15ClFNS/c1-10(18-2)13-4-3-5-14(17)15(13)19-12-8-6-11(16)7-9-12/h3-10,18H,1-2H3. The second kappa shape index (κ2) is 6.42. The van der Waals surface area contributed by atoms with Crippen molar-refractivity contribution >= 4 is 23.4 Å². The van der Waals surface area contributed by atoms with E-state index >= 15 is 0 Å². The Balaban J connectivity index is 2.35. The number of nitrogens with one attached hydrogen (secondary N) is 1. The quantitative estimate of drug-likeness (QED) is 0.860. The van der Waals surface area contributed by atoms with Gasteiger partial charge in [0.25, 0.3) is 0 Å². The highest BCUT2D eigenvalue weighted by Crippen LogP contribution is 2.35. The molecule has 0 bridgehead atoms. The summed E-state index contributed by atoms with van der Waals surface area (Å²) < 4.78 is 14.0. The minimum atomic E-state index is -0.195. The van der Waals surface area contributed by atoms with E-state index < -0.39 is 0 Å². The maximum absolute atomic E-state index is 14.0. The molecule has 0 radical (unpaired) electrons. The number of halogens is 2. The molecule has 1 unspecified atom stereocenters. The van der Waals surface area contributed by atoms with Gasteiger partial charge in [0, 0.05) is 16.0 Å². The summed E-state index contributed by atoms with van der Waals surface area (Å²) in [5.41, 5.74) is 0.961. The molecule has 1 N–H and O–H groups in total. The van der Waals surface area contributed by atoms with Crippen molar-refractivity contribution in [3.8, 4) is 0 Å². The molecule has 2 aromatic carbocycles. The van der Waals surface area contributed by atoms with Crippen molar-refractivity contribution in [1.82, 2.24) is 5.32 Å². The predicted molar refractivity (Wildman–Crippen MR) is 79.4 cm³/mol. The lowest BCUT2D eigenvalue weighted by Gasteiger charge is -2.16. The molecule has 0 aliphatic carbocycles. The van der Waals surface area contributed by atoms with E-state index in [0.717, 1.165) is 10.5 Å². The Hall–Kier alpha value is -1.03. The molecule has 0 saturated heterocycles. The van der Waals surface area contributed by atoms with Crippen molar-refractivity contribution in [2.24, 2.45) is 0 Å². The van der Waals surface area contributed by atoms with Gasteiger partial charge < -0.3 is 5.32 Å². The van der Waals surface area contributed by atoms with E-state index in [1.165, 1.54) is 17.8 Å². The summed E-state index contributed by atoms with van der Waals surface area (Å²) >= 11 is 7.28. The van der Waals surface area contributed by atoms with Gasteiger partial charge in [-0.2, -0.15) is 0 Å². The third-order valence-electron chi connectivity index (χ3n) is 2.93. The summed E-state index contributed by atoms with van der Waals surface area (Å²) in [5, 5.41) is 3.82. The summed E-state index contributed by atoms with van der Waals surface area (Å²) in [6, 6.07) is 12.7. The van der Waals surface area contributed by atoms with Gasteiger partial charge in [-0.1, -0.05) is 35.5 Å². The Bertz CT molecular complexity index is 557. The third-order valence-corrected chi connectivity index (χ3v) is 4.33. The van der Waals surface area contributed by atoms with E-state index in [1.807, 2.05) is 44.3 Å². The lowest BCUT2D eigenvalue weighted by molar-refractivity contribution is 0.576. The van der Waals surface area contributed by atoms with Crippen molar-refractivity contribution in [3.63, 3.8) is 0 Å². The fourth-order valence-electron chi connectivity index (χ4n) is 1.75. The SMILES string of the molecule is CNC(C)c1cccc(F)c1Sc1ccc(Cl)cc1. The van der Waals surface area contributed by atoms with Crippen molar-refractivity contribution in [2.75, 3.05) is 7.05 Å². The molecule has 1 nitrogen and oxygen atoms in total. The van der Waals surface area contributed by atoms with Gasteiger partial charge in [0.15, 0.2) is 0 Å². The van der Waals surface area contributed by atoms with Crippen molar-refractivity contribution in [1.29, 1.82) is 0 Å². The van der Waals surface area contributed by atoms with Crippen LogP contribution in [0.2, 0.25) is 5.02 Å². The summed E-state index contributed by atoms with van der Waals surface area (Å²) in [6.07, 6.45) is 0. The minimum Gasteiger partial charge on any atom is -0.313 e. The van der Waals surface area contributed by atoms with E-state index in [9.17, 15) is 4.39 Å². The molecule has 0 amide bonds. The fraction of sp³-hybridized carbons (Fsp3) is 0.200. The minimum absolute atomic E-state index is 0.102. The normalized spacial score (nSPS) is 12.4. The molecule has 19 heavy (non-hydrogen) atoms. The van der Waals surface area contributed by atoms with Gasteiger partial charge in [0.05, 0.1) is 4.90 Å². The molecule has 0 heterocycles. The van der Waals surface area contributed by atoms with E-state index in [1.54, 1.807) is 6.07 Å². The molecule has 2 aromatic rings. The highest BCUT2D eigenvalue weighted by atomic mass is 35.5. The maximum atomic E-state index is 14.0. The second-order valence-electron chi connectivity index (χ2n) is 4.22. The molecule has 0 aliphatic heterocycles. The predicted octanol–water partition coefficient (Wildman–Crippen LogP) is 4.91. The van der Waals surface area contributed by atoms with Crippen LogP contribution in [0, 0.1) is 5.82 Å². The number of hydrogen-bond acceptors (Lipinski definition) is 2. The fourth-order valence-corrected chi connectivity index (χ4v) is 2.91. The van der Waals surface area contributed by atoms with Gasteiger partial charge in [-0.15, -0.1) is 0 Å². The Labute approximate surface area is 122 Å². The average Bonchev–Trinajstić information content (AvgIpc) is 2.42. The third kappa shape index (κ3) is 3.50. The first kappa shape index (κ1) is 14.4. The van der Waals surface area contributed by atoms with Crippen LogP contribution >= 0.6 is 23.4 Å². The molecule has 0 fully saturated rings. The Morgan fingerprint density at radius 3 is 2.47 bits per heavy atom. The molecule has 0 spiro atoms. The van der Waals surface area contributed by atoms with Crippen molar-refractivity contribution < 1.29 is 4.39 Å². The van der Waals surface area contributed by atoms with Gasteiger partial charge in [-0.05, 0) is 49.9 Å².